The molecule has 2 aliphatic rings. The van der Waals surface area contributed by atoms with Crippen molar-refractivity contribution in [3.8, 4) is 0 Å². The number of likely N-dealkylation sites (tertiary alicyclic amines) is 1. The topological polar surface area (TPSA) is 66.4 Å². The number of hydrogen-bond donors (Lipinski definition) is 1. The van der Waals surface area contributed by atoms with Crippen LogP contribution in [-0.2, 0) is 9.47 Å². The zero-order chi connectivity index (χ0) is 21.3. The van der Waals surface area contributed by atoms with Gasteiger partial charge in [-0.15, -0.1) is 24.0 Å². The fourth-order valence-electron chi connectivity index (χ4n) is 4.08. The van der Waals surface area contributed by atoms with Crippen molar-refractivity contribution in [2.45, 2.75) is 64.9 Å². The monoisotopic (exact) mass is 538 g/mol. The highest BCUT2D eigenvalue weighted by Crippen LogP contribution is 2.21. The van der Waals surface area contributed by atoms with Gasteiger partial charge in [0.05, 0.1) is 0 Å². The second-order valence-corrected chi connectivity index (χ2v) is 9.46. The molecule has 0 aliphatic carbocycles. The Labute approximate surface area is 200 Å². The van der Waals surface area contributed by atoms with E-state index in [1.54, 1.807) is 0 Å². The molecule has 176 valence electrons. The lowest BCUT2D eigenvalue weighted by molar-refractivity contribution is 0.0162. The van der Waals surface area contributed by atoms with Gasteiger partial charge in [0.1, 0.15) is 5.60 Å². The molecule has 2 fully saturated rings. The summed E-state index contributed by atoms with van der Waals surface area (Å²) in [5, 5.41) is 3.50. The van der Waals surface area contributed by atoms with Crippen LogP contribution in [0.25, 0.3) is 0 Å². The molecule has 2 rings (SSSR count). The Bertz CT molecular complexity index is 533. The second-order valence-electron chi connectivity index (χ2n) is 9.46. The molecule has 0 aromatic rings. The number of amides is 1. The molecule has 30 heavy (non-hydrogen) atoms. The lowest BCUT2D eigenvalue weighted by Gasteiger charge is -2.34. The van der Waals surface area contributed by atoms with Gasteiger partial charge in [0.15, 0.2) is 5.96 Å². The van der Waals surface area contributed by atoms with E-state index in [1.165, 1.54) is 25.7 Å². The van der Waals surface area contributed by atoms with Crippen molar-refractivity contribution < 1.29 is 14.3 Å². The van der Waals surface area contributed by atoms with Gasteiger partial charge in [-0.25, -0.2) is 4.79 Å². The van der Waals surface area contributed by atoms with E-state index < -0.39 is 5.60 Å². The molecule has 0 bridgehead atoms. The van der Waals surface area contributed by atoms with Crippen LogP contribution in [0, 0.1) is 11.8 Å². The quantitative estimate of drug-likeness (QED) is 0.315. The molecule has 2 aliphatic heterocycles. The maximum atomic E-state index is 12.3. The minimum Gasteiger partial charge on any atom is -0.444 e. The molecule has 0 radical (unpaired) electrons. The molecule has 7 nitrogen and oxygen atoms in total. The van der Waals surface area contributed by atoms with Gasteiger partial charge in [0.2, 0.25) is 0 Å². The maximum Gasteiger partial charge on any atom is 0.410 e. The molecule has 8 heteroatoms. The number of carbonyl (C=O) groups excluding carboxylic acids is 1. The van der Waals surface area contributed by atoms with Crippen LogP contribution in [0.4, 0.5) is 4.79 Å². The van der Waals surface area contributed by atoms with E-state index in [9.17, 15) is 4.79 Å². The third kappa shape index (κ3) is 10.0. The summed E-state index contributed by atoms with van der Waals surface area (Å²) >= 11 is 0. The molecular weight excluding hydrogens is 495 g/mol. The van der Waals surface area contributed by atoms with Crippen LogP contribution in [-0.4, -0.2) is 80.9 Å². The van der Waals surface area contributed by atoms with Crippen molar-refractivity contribution >= 4 is 36.0 Å². The van der Waals surface area contributed by atoms with Crippen molar-refractivity contribution in [3.05, 3.63) is 0 Å². The van der Waals surface area contributed by atoms with Gasteiger partial charge >= 0.3 is 6.09 Å². The van der Waals surface area contributed by atoms with Crippen LogP contribution in [0.15, 0.2) is 4.99 Å². The molecule has 0 aromatic heterocycles. The SMILES string of the molecule is CN=C(NCCC1CCCN(C(=O)OC(C)(C)C)C1)N(C)CCC1CCOCC1.I. The zero-order valence-corrected chi connectivity index (χ0v) is 21.9. The standard InChI is InChI=1S/C22H42N4O3.HI/c1-22(2,3)29-21(27)26-13-6-7-19(17-26)8-12-24-20(23-4)25(5)14-9-18-10-15-28-16-11-18;/h18-19H,6-17H2,1-5H3,(H,23,24);1H. The van der Waals surface area contributed by atoms with E-state index in [0.717, 1.165) is 64.1 Å². The summed E-state index contributed by atoms with van der Waals surface area (Å²) in [6, 6.07) is 0. The molecule has 1 amide bonds. The van der Waals surface area contributed by atoms with Gasteiger partial charge in [-0.1, -0.05) is 0 Å². The average Bonchev–Trinajstić information content (AvgIpc) is 2.69. The summed E-state index contributed by atoms with van der Waals surface area (Å²) in [6.45, 7) is 11.0. The van der Waals surface area contributed by atoms with Gasteiger partial charge in [-0.05, 0) is 71.1 Å². The van der Waals surface area contributed by atoms with Crippen molar-refractivity contribution in [2.75, 3.05) is 53.5 Å². The lowest BCUT2D eigenvalue weighted by Crippen LogP contribution is -2.44. The summed E-state index contributed by atoms with van der Waals surface area (Å²) in [7, 11) is 3.96. The molecule has 2 saturated heterocycles. The molecule has 0 aromatic carbocycles. The fraction of sp³-hybridized carbons (Fsp3) is 0.909. The molecule has 1 N–H and O–H groups in total. The predicted octanol–water partition coefficient (Wildman–Crippen LogP) is 3.97. The van der Waals surface area contributed by atoms with Crippen LogP contribution in [0.2, 0.25) is 0 Å². The first-order valence-electron chi connectivity index (χ1n) is 11.3. The highest BCUT2D eigenvalue weighted by molar-refractivity contribution is 14.0. The number of guanidine groups is 1. The molecule has 0 spiro atoms. The molecule has 1 atom stereocenters. The first kappa shape index (κ1) is 27.3. The number of hydrogen-bond acceptors (Lipinski definition) is 4. The van der Waals surface area contributed by atoms with Gasteiger partial charge in [0.25, 0.3) is 0 Å². The smallest absolute Gasteiger partial charge is 0.410 e. The molecule has 2 heterocycles. The summed E-state index contributed by atoms with van der Waals surface area (Å²) < 4.78 is 11.0. The maximum absolute atomic E-state index is 12.3. The van der Waals surface area contributed by atoms with Crippen LogP contribution < -0.4 is 5.32 Å². The van der Waals surface area contributed by atoms with Gasteiger partial charge in [-0.3, -0.25) is 4.99 Å². The van der Waals surface area contributed by atoms with Crippen molar-refractivity contribution in [2.24, 2.45) is 16.8 Å². The molecule has 0 saturated carbocycles. The van der Waals surface area contributed by atoms with Crippen molar-refractivity contribution in [1.29, 1.82) is 0 Å². The minimum absolute atomic E-state index is 0. The second kappa shape index (κ2) is 13.6. The predicted molar refractivity (Wildman–Crippen MR) is 133 cm³/mol. The Morgan fingerprint density at radius 2 is 1.90 bits per heavy atom. The number of ether oxygens (including phenoxy) is 2. The summed E-state index contributed by atoms with van der Waals surface area (Å²) in [5.41, 5.74) is -0.437. The number of carbonyl (C=O) groups is 1. The zero-order valence-electron chi connectivity index (χ0n) is 19.6. The van der Waals surface area contributed by atoms with E-state index >= 15 is 0 Å². The van der Waals surface area contributed by atoms with E-state index in [-0.39, 0.29) is 30.1 Å². The number of piperidine rings is 1. The Morgan fingerprint density at radius 3 is 2.53 bits per heavy atom. The molecular formula is C22H43IN4O3. The highest BCUT2D eigenvalue weighted by Gasteiger charge is 2.27. The number of nitrogens with one attached hydrogen (secondary N) is 1. The Morgan fingerprint density at radius 1 is 1.20 bits per heavy atom. The van der Waals surface area contributed by atoms with E-state index in [2.05, 4.69) is 22.3 Å². The summed E-state index contributed by atoms with van der Waals surface area (Å²) in [5.74, 6) is 2.23. The summed E-state index contributed by atoms with van der Waals surface area (Å²) in [4.78, 5) is 20.9. The number of nitrogens with zero attached hydrogens (tertiary/aromatic N) is 3. The number of halogens is 1. The Balaban J connectivity index is 0.00000450. The Kier molecular flexibility index (Phi) is 12.4. The fourth-order valence-corrected chi connectivity index (χ4v) is 4.08. The van der Waals surface area contributed by atoms with Crippen LogP contribution >= 0.6 is 24.0 Å². The van der Waals surface area contributed by atoms with E-state index in [4.69, 9.17) is 9.47 Å². The van der Waals surface area contributed by atoms with Crippen LogP contribution in [0.3, 0.4) is 0 Å². The van der Waals surface area contributed by atoms with Crippen LogP contribution in [0.1, 0.15) is 59.3 Å². The first-order valence-corrected chi connectivity index (χ1v) is 11.3. The first-order chi connectivity index (χ1) is 13.8. The van der Waals surface area contributed by atoms with Gasteiger partial charge < -0.3 is 24.6 Å². The van der Waals surface area contributed by atoms with Gasteiger partial charge in [-0.2, -0.15) is 0 Å². The highest BCUT2D eigenvalue weighted by atomic mass is 127. The molecule has 1 unspecified atom stereocenters. The summed E-state index contributed by atoms with van der Waals surface area (Å²) in [6.07, 6.45) is 6.60. The lowest BCUT2D eigenvalue weighted by atomic mass is 9.95. The Hall–Kier alpha value is -0.770. The number of aliphatic imine (C=N–C) groups is 1. The van der Waals surface area contributed by atoms with E-state index in [1.807, 2.05) is 32.7 Å². The van der Waals surface area contributed by atoms with Crippen LogP contribution in [0.5, 0.6) is 0 Å². The van der Waals surface area contributed by atoms with Gasteiger partial charge in [0, 0.05) is 53.5 Å². The third-order valence-corrected chi connectivity index (χ3v) is 5.79. The van der Waals surface area contributed by atoms with Crippen molar-refractivity contribution in [1.82, 2.24) is 15.1 Å². The van der Waals surface area contributed by atoms with E-state index in [0.29, 0.717) is 5.92 Å². The average molecular weight is 539 g/mol. The normalized spacial score (nSPS) is 21.0. The van der Waals surface area contributed by atoms with Crippen molar-refractivity contribution in [3.63, 3.8) is 0 Å². The largest absolute Gasteiger partial charge is 0.444 e. The minimum atomic E-state index is -0.437. The number of rotatable bonds is 6. The third-order valence-electron chi connectivity index (χ3n) is 5.79.